The van der Waals surface area contributed by atoms with E-state index >= 15 is 0 Å². The summed E-state index contributed by atoms with van der Waals surface area (Å²) in [6.07, 6.45) is 7.21. The predicted molar refractivity (Wildman–Crippen MR) is 55.8 cm³/mol. The van der Waals surface area contributed by atoms with E-state index in [1.165, 1.54) is 32.5 Å². The Morgan fingerprint density at radius 1 is 1.31 bits per heavy atom. The van der Waals surface area contributed by atoms with Crippen LogP contribution in [0.25, 0.3) is 0 Å². The fraction of sp³-hybridized carbons (Fsp3) is 0.818. The summed E-state index contributed by atoms with van der Waals surface area (Å²) in [7, 11) is 2.24. The van der Waals surface area contributed by atoms with Gasteiger partial charge in [0.2, 0.25) is 0 Å². The Morgan fingerprint density at radius 3 is 2.69 bits per heavy atom. The summed E-state index contributed by atoms with van der Waals surface area (Å²) < 4.78 is 0. The van der Waals surface area contributed by atoms with Gasteiger partial charge in [-0.25, -0.2) is 0 Å². The molecule has 0 bridgehead atoms. The van der Waals surface area contributed by atoms with Crippen LogP contribution in [0.15, 0.2) is 12.2 Å². The summed E-state index contributed by atoms with van der Waals surface area (Å²) in [5, 5.41) is 0. The third-order valence-corrected chi connectivity index (χ3v) is 3.47. The molecular formula is C11H20N2. The lowest BCUT2D eigenvalue weighted by Crippen LogP contribution is -2.39. The second-order valence-electron chi connectivity index (χ2n) is 4.43. The number of hydrogen-bond acceptors (Lipinski definition) is 2. The van der Waals surface area contributed by atoms with Crippen LogP contribution in [-0.2, 0) is 0 Å². The van der Waals surface area contributed by atoms with Crippen LogP contribution in [0.2, 0.25) is 0 Å². The van der Waals surface area contributed by atoms with Gasteiger partial charge in [-0.2, -0.15) is 0 Å². The van der Waals surface area contributed by atoms with Crippen molar-refractivity contribution < 1.29 is 0 Å². The van der Waals surface area contributed by atoms with Crippen molar-refractivity contribution in [1.82, 2.24) is 9.80 Å². The van der Waals surface area contributed by atoms with Crippen molar-refractivity contribution in [3.8, 4) is 0 Å². The molecule has 2 heterocycles. The average Bonchev–Trinajstić information content (AvgIpc) is 2.49. The van der Waals surface area contributed by atoms with E-state index in [1.807, 2.05) is 0 Å². The van der Waals surface area contributed by atoms with Crippen molar-refractivity contribution in [3.63, 3.8) is 0 Å². The van der Waals surface area contributed by atoms with Crippen molar-refractivity contribution >= 4 is 0 Å². The van der Waals surface area contributed by atoms with E-state index in [-0.39, 0.29) is 0 Å². The Morgan fingerprint density at radius 2 is 2.15 bits per heavy atom. The lowest BCUT2D eigenvalue weighted by atomic mass is 10.1. The Balaban J connectivity index is 1.91. The monoisotopic (exact) mass is 180 g/mol. The van der Waals surface area contributed by atoms with E-state index in [9.17, 15) is 0 Å². The predicted octanol–water partition coefficient (Wildman–Crippen LogP) is 1.34. The van der Waals surface area contributed by atoms with Gasteiger partial charge in [0.25, 0.3) is 0 Å². The molecule has 0 spiro atoms. The Labute approximate surface area is 81.2 Å². The van der Waals surface area contributed by atoms with Gasteiger partial charge < -0.3 is 4.90 Å². The highest BCUT2D eigenvalue weighted by molar-refractivity contribution is 4.96. The zero-order valence-corrected chi connectivity index (χ0v) is 8.74. The van der Waals surface area contributed by atoms with E-state index in [4.69, 9.17) is 0 Å². The van der Waals surface area contributed by atoms with E-state index in [1.54, 1.807) is 0 Å². The Bertz CT molecular complexity index is 190. The first-order valence-corrected chi connectivity index (χ1v) is 5.36. The Hall–Kier alpha value is -0.340. The van der Waals surface area contributed by atoms with Crippen LogP contribution in [0, 0.1) is 0 Å². The summed E-state index contributed by atoms with van der Waals surface area (Å²) in [5.41, 5.74) is 0. The molecule has 0 aliphatic carbocycles. The van der Waals surface area contributed by atoms with Gasteiger partial charge in [0.15, 0.2) is 0 Å². The standard InChI is InChI=1S/C11H20N2/c1-10-8-11(9-12(10)2)13-6-4-3-5-7-13/h3-4,10-11H,5-9H2,1-2H3. The Kier molecular flexibility index (Phi) is 2.70. The van der Waals surface area contributed by atoms with E-state index < -0.39 is 0 Å². The fourth-order valence-electron chi connectivity index (χ4n) is 2.42. The quantitative estimate of drug-likeness (QED) is 0.562. The van der Waals surface area contributed by atoms with Crippen molar-refractivity contribution in [2.75, 3.05) is 26.7 Å². The molecule has 0 aromatic heterocycles. The smallest absolute Gasteiger partial charge is 0.0241 e. The van der Waals surface area contributed by atoms with Crippen molar-refractivity contribution in [3.05, 3.63) is 12.2 Å². The maximum atomic E-state index is 2.62. The summed E-state index contributed by atoms with van der Waals surface area (Å²) in [5.74, 6) is 0. The second-order valence-corrected chi connectivity index (χ2v) is 4.43. The summed E-state index contributed by atoms with van der Waals surface area (Å²) in [4.78, 5) is 5.10. The first-order valence-electron chi connectivity index (χ1n) is 5.36. The largest absolute Gasteiger partial charge is 0.302 e. The molecule has 1 fully saturated rings. The van der Waals surface area contributed by atoms with Crippen LogP contribution < -0.4 is 0 Å². The molecule has 0 aromatic rings. The van der Waals surface area contributed by atoms with Gasteiger partial charge in [0.05, 0.1) is 0 Å². The minimum Gasteiger partial charge on any atom is -0.302 e. The molecule has 2 aliphatic rings. The molecule has 0 saturated carbocycles. The number of nitrogens with zero attached hydrogens (tertiary/aromatic N) is 2. The molecule has 0 N–H and O–H groups in total. The molecular weight excluding hydrogens is 160 g/mol. The molecule has 74 valence electrons. The maximum Gasteiger partial charge on any atom is 0.0241 e. The molecule has 2 rings (SSSR count). The molecule has 0 aromatic carbocycles. The third kappa shape index (κ3) is 1.94. The lowest BCUT2D eigenvalue weighted by Gasteiger charge is -2.29. The normalized spacial score (nSPS) is 37.1. The van der Waals surface area contributed by atoms with Crippen LogP contribution in [0.4, 0.5) is 0 Å². The number of rotatable bonds is 1. The number of likely N-dealkylation sites (tertiary alicyclic amines) is 1. The average molecular weight is 180 g/mol. The summed E-state index contributed by atoms with van der Waals surface area (Å²) in [6, 6.07) is 1.58. The molecule has 1 saturated heterocycles. The highest BCUT2D eigenvalue weighted by Crippen LogP contribution is 2.21. The van der Waals surface area contributed by atoms with E-state index in [0.717, 1.165) is 12.1 Å². The van der Waals surface area contributed by atoms with Crippen molar-refractivity contribution in [2.45, 2.75) is 31.8 Å². The summed E-state index contributed by atoms with van der Waals surface area (Å²) in [6.45, 7) is 6.03. The summed E-state index contributed by atoms with van der Waals surface area (Å²) >= 11 is 0. The van der Waals surface area contributed by atoms with Gasteiger partial charge in [0.1, 0.15) is 0 Å². The topological polar surface area (TPSA) is 6.48 Å². The SMILES string of the molecule is CC1CC(N2CC=CCC2)CN1C. The first kappa shape index (κ1) is 9.22. The van der Waals surface area contributed by atoms with Crippen molar-refractivity contribution in [1.29, 1.82) is 0 Å². The van der Waals surface area contributed by atoms with Crippen molar-refractivity contribution in [2.24, 2.45) is 0 Å². The van der Waals surface area contributed by atoms with Crippen LogP contribution in [0.1, 0.15) is 19.8 Å². The first-order chi connectivity index (χ1) is 6.27. The molecule has 2 aliphatic heterocycles. The maximum absolute atomic E-state index is 2.62. The van der Waals surface area contributed by atoms with Gasteiger partial charge in [0, 0.05) is 31.7 Å². The molecule has 0 radical (unpaired) electrons. The number of hydrogen-bond donors (Lipinski definition) is 0. The van der Waals surface area contributed by atoms with Gasteiger partial charge in [-0.3, -0.25) is 4.90 Å². The van der Waals surface area contributed by atoms with Gasteiger partial charge >= 0.3 is 0 Å². The molecule has 0 amide bonds. The van der Waals surface area contributed by atoms with Crippen LogP contribution >= 0.6 is 0 Å². The third-order valence-electron chi connectivity index (χ3n) is 3.47. The molecule has 2 atom stereocenters. The van der Waals surface area contributed by atoms with Gasteiger partial charge in [-0.05, 0) is 26.8 Å². The van der Waals surface area contributed by atoms with Gasteiger partial charge in [-0.15, -0.1) is 0 Å². The van der Waals surface area contributed by atoms with Crippen LogP contribution in [0.3, 0.4) is 0 Å². The minimum absolute atomic E-state index is 0.774. The molecule has 2 heteroatoms. The lowest BCUT2D eigenvalue weighted by molar-refractivity contribution is 0.215. The fourth-order valence-corrected chi connectivity index (χ4v) is 2.42. The zero-order chi connectivity index (χ0) is 9.26. The highest BCUT2D eigenvalue weighted by Gasteiger charge is 2.30. The number of likely N-dealkylation sites (N-methyl/N-ethyl adjacent to an activating group) is 1. The zero-order valence-electron chi connectivity index (χ0n) is 8.74. The van der Waals surface area contributed by atoms with E-state index in [0.29, 0.717) is 0 Å². The second kappa shape index (κ2) is 3.81. The van der Waals surface area contributed by atoms with Gasteiger partial charge in [-0.1, -0.05) is 12.2 Å². The molecule has 2 nitrogen and oxygen atoms in total. The molecule has 13 heavy (non-hydrogen) atoms. The highest BCUT2D eigenvalue weighted by atomic mass is 15.3. The van der Waals surface area contributed by atoms with Crippen LogP contribution in [-0.4, -0.2) is 48.6 Å². The molecule has 2 unspecified atom stereocenters. The minimum atomic E-state index is 0.774. The van der Waals surface area contributed by atoms with E-state index in [2.05, 4.69) is 35.9 Å². The van der Waals surface area contributed by atoms with Crippen LogP contribution in [0.5, 0.6) is 0 Å².